The molecule has 1 aliphatic heterocycles. The minimum Gasteiger partial charge on any atom is -0.493 e. The van der Waals surface area contributed by atoms with Gasteiger partial charge in [-0.1, -0.05) is 0 Å². The van der Waals surface area contributed by atoms with Crippen LogP contribution in [0.5, 0.6) is 17.2 Å². The van der Waals surface area contributed by atoms with E-state index < -0.39 is 0 Å². The zero-order chi connectivity index (χ0) is 19.2. The Balaban J connectivity index is 1.64. The van der Waals surface area contributed by atoms with Crippen molar-refractivity contribution >= 4 is 5.91 Å². The lowest BCUT2D eigenvalue weighted by Gasteiger charge is -2.32. The van der Waals surface area contributed by atoms with Crippen molar-refractivity contribution in [2.24, 2.45) is 0 Å². The van der Waals surface area contributed by atoms with Crippen LogP contribution in [0.3, 0.4) is 0 Å². The Hall–Kier alpha value is -2.76. The van der Waals surface area contributed by atoms with Crippen LogP contribution in [0.4, 0.5) is 0 Å². The number of likely N-dealkylation sites (tertiary alicyclic amines) is 1. The van der Waals surface area contributed by atoms with E-state index in [-0.39, 0.29) is 5.91 Å². The Bertz CT molecular complexity index is 746. The number of pyridine rings is 1. The molecule has 1 saturated heterocycles. The lowest BCUT2D eigenvalue weighted by atomic mass is 9.90. The molecule has 3 rings (SSSR count). The molecule has 27 heavy (non-hydrogen) atoms. The summed E-state index contributed by atoms with van der Waals surface area (Å²) in [5.41, 5.74) is 2.16. The van der Waals surface area contributed by atoms with Crippen LogP contribution in [-0.4, -0.2) is 50.2 Å². The molecule has 1 aromatic heterocycles. The average molecular weight is 370 g/mol. The van der Waals surface area contributed by atoms with Crippen LogP contribution in [0.1, 0.15) is 29.9 Å². The quantitative estimate of drug-likeness (QED) is 0.782. The Kier molecular flexibility index (Phi) is 6.16. The van der Waals surface area contributed by atoms with Crippen LogP contribution in [0.25, 0.3) is 0 Å². The fourth-order valence-corrected chi connectivity index (χ4v) is 3.62. The van der Waals surface area contributed by atoms with Gasteiger partial charge in [-0.3, -0.25) is 9.78 Å². The fraction of sp³-hybridized carbons (Fsp3) is 0.429. The molecule has 0 bridgehead atoms. The van der Waals surface area contributed by atoms with E-state index in [1.807, 2.05) is 29.4 Å². The first-order chi connectivity index (χ1) is 13.2. The molecule has 0 N–H and O–H groups in total. The van der Waals surface area contributed by atoms with Gasteiger partial charge < -0.3 is 19.1 Å². The molecule has 1 fully saturated rings. The van der Waals surface area contributed by atoms with E-state index in [1.165, 1.54) is 5.56 Å². The Morgan fingerprint density at radius 3 is 2.15 bits per heavy atom. The molecule has 1 aromatic carbocycles. The van der Waals surface area contributed by atoms with Crippen LogP contribution in [0.15, 0.2) is 36.7 Å². The highest BCUT2D eigenvalue weighted by Gasteiger charge is 2.24. The molecular formula is C21H26N2O4. The van der Waals surface area contributed by atoms with E-state index in [4.69, 9.17) is 14.2 Å². The molecule has 0 atom stereocenters. The van der Waals surface area contributed by atoms with Gasteiger partial charge in [-0.2, -0.15) is 0 Å². The highest BCUT2D eigenvalue weighted by molar-refractivity contribution is 5.79. The monoisotopic (exact) mass is 370 g/mol. The van der Waals surface area contributed by atoms with Gasteiger partial charge in [0.1, 0.15) is 0 Å². The third-order valence-corrected chi connectivity index (χ3v) is 5.11. The molecule has 144 valence electrons. The van der Waals surface area contributed by atoms with E-state index in [0.29, 0.717) is 29.6 Å². The summed E-state index contributed by atoms with van der Waals surface area (Å²) in [7, 11) is 4.72. The standard InChI is InChI=1S/C21H26N2O4/c1-25-18-12-15(13-19(26-2)21(18)27-3)14-20(24)23-10-6-17(7-11-23)16-4-8-22-9-5-16/h4-5,8-9,12-13,17H,6-7,10-11,14H2,1-3H3. The summed E-state index contributed by atoms with van der Waals surface area (Å²) in [6.45, 7) is 1.55. The van der Waals surface area contributed by atoms with Crippen molar-refractivity contribution in [3.8, 4) is 17.2 Å². The summed E-state index contributed by atoms with van der Waals surface area (Å²) in [6, 6.07) is 7.81. The van der Waals surface area contributed by atoms with Gasteiger partial charge in [-0.25, -0.2) is 0 Å². The second kappa shape index (κ2) is 8.75. The number of hydrogen-bond acceptors (Lipinski definition) is 5. The molecule has 1 aliphatic rings. The van der Waals surface area contributed by atoms with Crippen LogP contribution in [0.2, 0.25) is 0 Å². The third-order valence-electron chi connectivity index (χ3n) is 5.11. The molecule has 0 radical (unpaired) electrons. The second-order valence-electron chi connectivity index (χ2n) is 6.65. The van der Waals surface area contributed by atoms with Crippen molar-refractivity contribution in [1.29, 1.82) is 0 Å². The van der Waals surface area contributed by atoms with Gasteiger partial charge in [0.2, 0.25) is 11.7 Å². The molecular weight excluding hydrogens is 344 g/mol. The number of carbonyl (C=O) groups is 1. The maximum atomic E-state index is 12.8. The van der Waals surface area contributed by atoms with Crippen molar-refractivity contribution in [2.75, 3.05) is 34.4 Å². The van der Waals surface area contributed by atoms with E-state index >= 15 is 0 Å². The number of amides is 1. The van der Waals surface area contributed by atoms with Gasteiger partial charge in [0, 0.05) is 25.5 Å². The summed E-state index contributed by atoms with van der Waals surface area (Å²) in [6.07, 6.45) is 5.93. The van der Waals surface area contributed by atoms with Crippen LogP contribution < -0.4 is 14.2 Å². The number of methoxy groups -OCH3 is 3. The van der Waals surface area contributed by atoms with Gasteiger partial charge in [0.25, 0.3) is 0 Å². The summed E-state index contributed by atoms with van der Waals surface area (Å²) >= 11 is 0. The maximum absolute atomic E-state index is 12.8. The lowest BCUT2D eigenvalue weighted by molar-refractivity contribution is -0.131. The van der Waals surface area contributed by atoms with E-state index in [0.717, 1.165) is 31.5 Å². The first kappa shape index (κ1) is 19.0. The zero-order valence-electron chi connectivity index (χ0n) is 16.1. The van der Waals surface area contributed by atoms with Crippen molar-refractivity contribution in [3.05, 3.63) is 47.8 Å². The average Bonchev–Trinajstić information content (AvgIpc) is 2.73. The minimum atomic E-state index is 0.123. The van der Waals surface area contributed by atoms with Crippen molar-refractivity contribution in [1.82, 2.24) is 9.88 Å². The summed E-state index contributed by atoms with van der Waals surface area (Å²) in [5, 5.41) is 0. The molecule has 1 amide bonds. The first-order valence-corrected chi connectivity index (χ1v) is 9.12. The topological polar surface area (TPSA) is 60.9 Å². The van der Waals surface area contributed by atoms with Crippen molar-refractivity contribution in [2.45, 2.75) is 25.2 Å². The van der Waals surface area contributed by atoms with E-state index in [9.17, 15) is 4.79 Å². The number of hydrogen-bond donors (Lipinski definition) is 0. The maximum Gasteiger partial charge on any atom is 0.226 e. The van der Waals surface area contributed by atoms with E-state index in [1.54, 1.807) is 21.3 Å². The Morgan fingerprint density at radius 1 is 1.04 bits per heavy atom. The minimum absolute atomic E-state index is 0.123. The third kappa shape index (κ3) is 4.32. The summed E-state index contributed by atoms with van der Waals surface area (Å²) < 4.78 is 16.1. The van der Waals surface area contributed by atoms with Crippen LogP contribution in [0, 0.1) is 0 Å². The summed E-state index contributed by atoms with van der Waals surface area (Å²) in [4.78, 5) is 18.8. The predicted octanol–water partition coefficient (Wildman–Crippen LogP) is 3.06. The number of carbonyl (C=O) groups excluding carboxylic acids is 1. The highest BCUT2D eigenvalue weighted by atomic mass is 16.5. The van der Waals surface area contributed by atoms with Gasteiger partial charge in [-0.05, 0) is 54.2 Å². The van der Waals surface area contributed by atoms with Crippen LogP contribution in [-0.2, 0) is 11.2 Å². The van der Waals surface area contributed by atoms with Gasteiger partial charge in [0.05, 0.1) is 27.8 Å². The number of ether oxygens (including phenoxy) is 3. The molecule has 0 unspecified atom stereocenters. The van der Waals surface area contributed by atoms with Gasteiger partial charge >= 0.3 is 0 Å². The number of piperidine rings is 1. The number of nitrogens with zero attached hydrogens (tertiary/aromatic N) is 2. The highest BCUT2D eigenvalue weighted by Crippen LogP contribution is 2.38. The van der Waals surface area contributed by atoms with Crippen LogP contribution >= 0.6 is 0 Å². The Morgan fingerprint density at radius 2 is 1.63 bits per heavy atom. The van der Waals surface area contributed by atoms with Gasteiger partial charge in [0.15, 0.2) is 11.5 Å². The zero-order valence-corrected chi connectivity index (χ0v) is 16.1. The van der Waals surface area contributed by atoms with Crippen molar-refractivity contribution in [3.63, 3.8) is 0 Å². The molecule has 2 heterocycles. The molecule has 2 aromatic rings. The SMILES string of the molecule is COc1cc(CC(=O)N2CCC(c3ccncc3)CC2)cc(OC)c1OC. The normalized spacial score (nSPS) is 14.7. The molecule has 6 nitrogen and oxygen atoms in total. The van der Waals surface area contributed by atoms with Crippen molar-refractivity contribution < 1.29 is 19.0 Å². The summed E-state index contributed by atoms with van der Waals surface area (Å²) in [5.74, 6) is 2.29. The van der Waals surface area contributed by atoms with Gasteiger partial charge in [-0.15, -0.1) is 0 Å². The second-order valence-corrected chi connectivity index (χ2v) is 6.65. The Labute approximate surface area is 160 Å². The number of aromatic nitrogens is 1. The fourth-order valence-electron chi connectivity index (χ4n) is 3.62. The number of rotatable bonds is 6. The largest absolute Gasteiger partial charge is 0.493 e. The first-order valence-electron chi connectivity index (χ1n) is 9.12. The number of benzene rings is 1. The van der Waals surface area contributed by atoms with E-state index in [2.05, 4.69) is 17.1 Å². The smallest absolute Gasteiger partial charge is 0.226 e. The molecule has 0 aliphatic carbocycles. The molecule has 0 spiro atoms. The predicted molar refractivity (Wildman–Crippen MR) is 103 cm³/mol. The molecule has 0 saturated carbocycles. The lowest BCUT2D eigenvalue weighted by Crippen LogP contribution is -2.38. The molecule has 6 heteroatoms.